The van der Waals surface area contributed by atoms with Crippen LogP contribution in [0.3, 0.4) is 0 Å². The standard InChI is InChI=1S/C22H24N4O3/c27-21(29-15-16-6-2-1-3-7-16)25-17-8-4-9-18(25)13-22(28,12-17)19-14-23-20-10-5-11-24-26(19)20/h1-3,5-7,10-11,14,17-18,28H,4,8-9,12-13,15H2. The van der Waals surface area contributed by atoms with Crippen molar-refractivity contribution in [2.75, 3.05) is 0 Å². The Morgan fingerprint density at radius 1 is 1.14 bits per heavy atom. The van der Waals surface area contributed by atoms with Crippen LogP contribution < -0.4 is 0 Å². The molecule has 2 aliphatic heterocycles. The van der Waals surface area contributed by atoms with E-state index in [-0.39, 0.29) is 24.8 Å². The first-order valence-electron chi connectivity index (χ1n) is 10.1. The molecule has 2 saturated heterocycles. The highest BCUT2D eigenvalue weighted by atomic mass is 16.6. The lowest BCUT2D eigenvalue weighted by Crippen LogP contribution is -2.59. The number of carbonyl (C=O) groups excluding carboxylic acids is 1. The van der Waals surface area contributed by atoms with E-state index >= 15 is 0 Å². The smallest absolute Gasteiger partial charge is 0.410 e. The molecule has 0 spiro atoms. The number of piperidine rings is 2. The predicted molar refractivity (Wildman–Crippen MR) is 106 cm³/mol. The molecule has 0 aliphatic carbocycles. The molecule has 7 nitrogen and oxygen atoms in total. The Labute approximate surface area is 168 Å². The summed E-state index contributed by atoms with van der Waals surface area (Å²) in [6.45, 7) is 0.261. The third-order valence-corrected chi connectivity index (χ3v) is 6.18. The fraction of sp³-hybridized carbons (Fsp3) is 0.409. The van der Waals surface area contributed by atoms with Crippen LogP contribution in [0.1, 0.15) is 43.4 Å². The normalized spacial score (nSPS) is 26.4. The molecule has 2 bridgehead atoms. The Balaban J connectivity index is 1.36. The van der Waals surface area contributed by atoms with Crippen LogP contribution in [-0.4, -0.2) is 42.8 Å². The average Bonchev–Trinajstić information content (AvgIpc) is 3.17. The molecule has 1 amide bonds. The molecule has 2 fully saturated rings. The van der Waals surface area contributed by atoms with E-state index in [1.807, 2.05) is 47.4 Å². The summed E-state index contributed by atoms with van der Waals surface area (Å²) in [6, 6.07) is 13.3. The molecule has 2 aromatic heterocycles. The minimum absolute atomic E-state index is 0.0509. The van der Waals surface area contributed by atoms with Gasteiger partial charge < -0.3 is 14.7 Å². The summed E-state index contributed by atoms with van der Waals surface area (Å²) in [5, 5.41) is 15.9. The van der Waals surface area contributed by atoms with Gasteiger partial charge in [-0.05, 0) is 37.0 Å². The lowest BCUT2D eigenvalue weighted by molar-refractivity contribution is -0.0926. The van der Waals surface area contributed by atoms with Crippen LogP contribution in [-0.2, 0) is 16.9 Å². The van der Waals surface area contributed by atoms with Crippen molar-refractivity contribution in [3.63, 3.8) is 0 Å². The highest BCUT2D eigenvalue weighted by Crippen LogP contribution is 2.44. The Bertz CT molecular complexity index is 1010. The van der Waals surface area contributed by atoms with Gasteiger partial charge in [-0.3, -0.25) is 0 Å². The van der Waals surface area contributed by atoms with Crippen LogP contribution in [0.2, 0.25) is 0 Å². The van der Waals surface area contributed by atoms with E-state index in [1.165, 1.54) is 0 Å². The number of hydrogen-bond acceptors (Lipinski definition) is 5. The number of amides is 1. The minimum Gasteiger partial charge on any atom is -0.445 e. The van der Waals surface area contributed by atoms with Gasteiger partial charge in [0.2, 0.25) is 0 Å². The van der Waals surface area contributed by atoms with E-state index < -0.39 is 5.60 Å². The number of carbonyl (C=O) groups is 1. The lowest BCUT2D eigenvalue weighted by Gasteiger charge is -2.50. The Kier molecular flexibility index (Phi) is 4.47. The highest BCUT2D eigenvalue weighted by molar-refractivity contribution is 5.69. The van der Waals surface area contributed by atoms with Crippen LogP contribution in [0.25, 0.3) is 5.65 Å². The van der Waals surface area contributed by atoms with Crippen LogP contribution in [0.15, 0.2) is 54.9 Å². The molecule has 5 rings (SSSR count). The van der Waals surface area contributed by atoms with Gasteiger partial charge in [0, 0.05) is 31.1 Å². The molecule has 1 N–H and O–H groups in total. The minimum atomic E-state index is -1.06. The zero-order chi connectivity index (χ0) is 19.8. The quantitative estimate of drug-likeness (QED) is 0.740. The summed E-state index contributed by atoms with van der Waals surface area (Å²) in [5.41, 5.74) is 1.32. The second-order valence-electron chi connectivity index (χ2n) is 8.06. The lowest BCUT2D eigenvalue weighted by atomic mass is 9.74. The molecule has 2 atom stereocenters. The van der Waals surface area contributed by atoms with Gasteiger partial charge >= 0.3 is 6.09 Å². The monoisotopic (exact) mass is 392 g/mol. The fourth-order valence-electron chi connectivity index (χ4n) is 4.88. The summed E-state index contributed by atoms with van der Waals surface area (Å²) >= 11 is 0. The van der Waals surface area contributed by atoms with Crippen LogP contribution in [0, 0.1) is 0 Å². The first kappa shape index (κ1) is 18.1. The predicted octanol–water partition coefficient (Wildman–Crippen LogP) is 3.27. The molecule has 2 unspecified atom stereocenters. The van der Waals surface area contributed by atoms with Crippen molar-refractivity contribution in [2.45, 2.75) is 56.4 Å². The van der Waals surface area contributed by atoms with E-state index in [1.54, 1.807) is 16.9 Å². The van der Waals surface area contributed by atoms with Crippen molar-refractivity contribution in [3.8, 4) is 0 Å². The molecular weight excluding hydrogens is 368 g/mol. The summed E-state index contributed by atoms with van der Waals surface area (Å²) in [6.07, 6.45) is 6.83. The maximum absolute atomic E-state index is 12.9. The van der Waals surface area contributed by atoms with Gasteiger partial charge in [0.05, 0.1) is 11.9 Å². The van der Waals surface area contributed by atoms with Gasteiger partial charge in [-0.15, -0.1) is 0 Å². The highest BCUT2D eigenvalue weighted by Gasteiger charge is 2.50. The van der Waals surface area contributed by atoms with Crippen molar-refractivity contribution in [1.82, 2.24) is 19.5 Å². The second-order valence-corrected chi connectivity index (χ2v) is 8.06. The van der Waals surface area contributed by atoms with Gasteiger partial charge in [-0.25, -0.2) is 14.3 Å². The number of aliphatic hydroxyl groups is 1. The average molecular weight is 392 g/mol. The van der Waals surface area contributed by atoms with Crippen molar-refractivity contribution >= 4 is 11.7 Å². The number of ether oxygens (including phenoxy) is 1. The molecule has 150 valence electrons. The number of benzene rings is 1. The van der Waals surface area contributed by atoms with Gasteiger partial charge in [0.15, 0.2) is 5.65 Å². The number of aromatic nitrogens is 3. The molecular formula is C22H24N4O3. The van der Waals surface area contributed by atoms with Crippen molar-refractivity contribution in [1.29, 1.82) is 0 Å². The van der Waals surface area contributed by atoms with Crippen molar-refractivity contribution in [2.24, 2.45) is 0 Å². The maximum atomic E-state index is 12.9. The summed E-state index contributed by atoms with van der Waals surface area (Å²) < 4.78 is 7.32. The van der Waals surface area contributed by atoms with Crippen LogP contribution >= 0.6 is 0 Å². The van der Waals surface area contributed by atoms with Crippen molar-refractivity contribution in [3.05, 3.63) is 66.1 Å². The van der Waals surface area contributed by atoms with Crippen molar-refractivity contribution < 1.29 is 14.6 Å². The first-order chi connectivity index (χ1) is 14.1. The van der Waals surface area contributed by atoms with Gasteiger partial charge in [0.25, 0.3) is 0 Å². The van der Waals surface area contributed by atoms with E-state index in [4.69, 9.17) is 4.74 Å². The Hall–Kier alpha value is -2.93. The van der Waals surface area contributed by atoms with Crippen LogP contribution in [0.4, 0.5) is 4.79 Å². The number of rotatable bonds is 3. The number of nitrogens with zero attached hydrogens (tertiary/aromatic N) is 4. The largest absolute Gasteiger partial charge is 0.445 e. The first-order valence-corrected chi connectivity index (χ1v) is 10.1. The SMILES string of the molecule is O=C(OCc1ccccc1)N1C2CCCC1CC(O)(c1cnc3cccnn13)C2. The molecule has 2 aliphatic rings. The zero-order valence-electron chi connectivity index (χ0n) is 16.1. The Morgan fingerprint density at radius 3 is 2.66 bits per heavy atom. The number of hydrogen-bond donors (Lipinski definition) is 1. The summed E-state index contributed by atoms with van der Waals surface area (Å²) in [4.78, 5) is 19.1. The Morgan fingerprint density at radius 2 is 1.90 bits per heavy atom. The molecule has 1 aromatic carbocycles. The molecule has 0 saturated carbocycles. The fourth-order valence-corrected chi connectivity index (χ4v) is 4.88. The van der Waals surface area contributed by atoms with E-state index in [9.17, 15) is 9.90 Å². The number of fused-ring (bicyclic) bond motifs is 3. The van der Waals surface area contributed by atoms with Crippen LogP contribution in [0.5, 0.6) is 0 Å². The summed E-state index contributed by atoms with van der Waals surface area (Å²) in [5.74, 6) is 0. The third-order valence-electron chi connectivity index (χ3n) is 6.18. The zero-order valence-corrected chi connectivity index (χ0v) is 16.1. The molecule has 4 heterocycles. The summed E-state index contributed by atoms with van der Waals surface area (Å²) in [7, 11) is 0. The third kappa shape index (κ3) is 3.25. The molecule has 7 heteroatoms. The number of imidazole rings is 1. The van der Waals surface area contributed by atoms with Gasteiger partial charge in [-0.2, -0.15) is 5.10 Å². The maximum Gasteiger partial charge on any atom is 0.410 e. The molecule has 3 aromatic rings. The van der Waals surface area contributed by atoms with Gasteiger partial charge in [-0.1, -0.05) is 30.3 Å². The molecule has 29 heavy (non-hydrogen) atoms. The van der Waals surface area contributed by atoms with Gasteiger partial charge in [0.1, 0.15) is 12.2 Å². The van der Waals surface area contributed by atoms with E-state index in [0.717, 1.165) is 24.8 Å². The van der Waals surface area contributed by atoms with E-state index in [0.29, 0.717) is 24.2 Å². The topological polar surface area (TPSA) is 80.0 Å². The van der Waals surface area contributed by atoms with E-state index in [2.05, 4.69) is 10.1 Å². The molecule has 0 radical (unpaired) electrons. The second kappa shape index (κ2) is 7.15.